The molecule has 122 valence electrons. The SMILES string of the molecule is COc1ccc(-n2cnnc2SCc2ccc([N+](=O)[O-])cc2)cc1. The largest absolute Gasteiger partial charge is 0.497 e. The van der Waals surface area contributed by atoms with Gasteiger partial charge in [-0.25, -0.2) is 0 Å². The second-order valence-corrected chi connectivity index (χ2v) is 5.84. The van der Waals surface area contributed by atoms with E-state index in [1.807, 2.05) is 28.8 Å². The molecule has 3 rings (SSSR count). The van der Waals surface area contributed by atoms with Crippen LogP contribution in [-0.2, 0) is 5.75 Å². The summed E-state index contributed by atoms with van der Waals surface area (Å²) in [6, 6.07) is 14.1. The van der Waals surface area contributed by atoms with E-state index in [4.69, 9.17) is 4.74 Å². The number of methoxy groups -OCH3 is 1. The standard InChI is InChI=1S/C16H14N4O3S/c1-23-15-8-6-13(7-9-15)19-11-17-18-16(19)24-10-12-2-4-14(5-3-12)20(21)22/h2-9,11H,10H2,1H3. The second kappa shape index (κ2) is 7.14. The fourth-order valence-electron chi connectivity index (χ4n) is 2.10. The average Bonchev–Trinajstić information content (AvgIpc) is 3.09. The van der Waals surface area contributed by atoms with Crippen LogP contribution in [0.1, 0.15) is 5.56 Å². The summed E-state index contributed by atoms with van der Waals surface area (Å²) in [5.41, 5.74) is 2.01. The minimum absolute atomic E-state index is 0.0881. The third-order valence-corrected chi connectivity index (χ3v) is 4.40. The summed E-state index contributed by atoms with van der Waals surface area (Å²) in [6.45, 7) is 0. The molecule has 0 amide bonds. The Labute approximate surface area is 142 Å². The van der Waals surface area contributed by atoms with Gasteiger partial charge in [0.05, 0.1) is 12.0 Å². The maximum Gasteiger partial charge on any atom is 0.269 e. The lowest BCUT2D eigenvalue weighted by molar-refractivity contribution is -0.384. The summed E-state index contributed by atoms with van der Waals surface area (Å²) in [4.78, 5) is 10.3. The fraction of sp³-hybridized carbons (Fsp3) is 0.125. The number of hydrogen-bond acceptors (Lipinski definition) is 6. The molecule has 0 radical (unpaired) electrons. The molecule has 2 aromatic carbocycles. The van der Waals surface area contributed by atoms with E-state index in [2.05, 4.69) is 10.2 Å². The number of hydrogen-bond donors (Lipinski definition) is 0. The molecule has 0 aliphatic carbocycles. The molecule has 7 nitrogen and oxygen atoms in total. The number of benzene rings is 2. The highest BCUT2D eigenvalue weighted by Crippen LogP contribution is 2.25. The van der Waals surface area contributed by atoms with Crippen molar-refractivity contribution in [3.8, 4) is 11.4 Å². The predicted octanol–water partition coefficient (Wildman–Crippen LogP) is 3.48. The maximum absolute atomic E-state index is 10.7. The Morgan fingerprint density at radius 1 is 1.17 bits per heavy atom. The first-order valence-electron chi connectivity index (χ1n) is 7.08. The fourth-order valence-corrected chi connectivity index (χ4v) is 2.99. The third kappa shape index (κ3) is 3.54. The van der Waals surface area contributed by atoms with E-state index < -0.39 is 4.92 Å². The zero-order chi connectivity index (χ0) is 16.9. The van der Waals surface area contributed by atoms with Crippen molar-refractivity contribution >= 4 is 17.4 Å². The lowest BCUT2D eigenvalue weighted by atomic mass is 10.2. The summed E-state index contributed by atoms with van der Waals surface area (Å²) in [5, 5.41) is 19.5. The molecule has 0 aliphatic rings. The van der Waals surface area contributed by atoms with Gasteiger partial charge in [-0.05, 0) is 29.8 Å². The molecule has 24 heavy (non-hydrogen) atoms. The van der Waals surface area contributed by atoms with Crippen LogP contribution in [0.5, 0.6) is 5.75 Å². The highest BCUT2D eigenvalue weighted by molar-refractivity contribution is 7.98. The summed E-state index contributed by atoms with van der Waals surface area (Å²) >= 11 is 1.51. The summed E-state index contributed by atoms with van der Waals surface area (Å²) in [5.74, 6) is 1.43. The monoisotopic (exact) mass is 342 g/mol. The van der Waals surface area contributed by atoms with E-state index in [9.17, 15) is 10.1 Å². The molecular weight excluding hydrogens is 328 g/mol. The molecular formula is C16H14N4O3S. The zero-order valence-electron chi connectivity index (χ0n) is 12.8. The Kier molecular flexibility index (Phi) is 4.76. The first-order chi connectivity index (χ1) is 11.7. The lowest BCUT2D eigenvalue weighted by Gasteiger charge is -2.07. The highest BCUT2D eigenvalue weighted by atomic mass is 32.2. The van der Waals surface area contributed by atoms with Gasteiger partial charge in [0, 0.05) is 23.6 Å². The Bertz CT molecular complexity index is 831. The number of rotatable bonds is 6. The van der Waals surface area contributed by atoms with Gasteiger partial charge in [-0.3, -0.25) is 14.7 Å². The van der Waals surface area contributed by atoms with Gasteiger partial charge >= 0.3 is 0 Å². The number of aromatic nitrogens is 3. The molecule has 0 saturated carbocycles. The lowest BCUT2D eigenvalue weighted by Crippen LogP contribution is -1.95. The molecule has 1 aromatic heterocycles. The first-order valence-corrected chi connectivity index (χ1v) is 8.06. The van der Waals surface area contributed by atoms with Crippen LogP contribution in [0.4, 0.5) is 5.69 Å². The number of nitro groups is 1. The van der Waals surface area contributed by atoms with Crippen LogP contribution in [0.25, 0.3) is 5.69 Å². The van der Waals surface area contributed by atoms with Crippen molar-refractivity contribution in [2.24, 2.45) is 0 Å². The van der Waals surface area contributed by atoms with Crippen LogP contribution >= 0.6 is 11.8 Å². The van der Waals surface area contributed by atoms with E-state index in [1.165, 1.54) is 23.9 Å². The zero-order valence-corrected chi connectivity index (χ0v) is 13.6. The Morgan fingerprint density at radius 2 is 1.88 bits per heavy atom. The quantitative estimate of drug-likeness (QED) is 0.387. The molecule has 8 heteroatoms. The van der Waals surface area contributed by atoms with Gasteiger partial charge in [-0.2, -0.15) is 0 Å². The number of nitrogens with zero attached hydrogens (tertiary/aromatic N) is 4. The van der Waals surface area contributed by atoms with Gasteiger partial charge < -0.3 is 4.74 Å². The Hall–Kier alpha value is -2.87. The topological polar surface area (TPSA) is 83.1 Å². The molecule has 0 bridgehead atoms. The van der Waals surface area contributed by atoms with Crippen LogP contribution < -0.4 is 4.74 Å². The van der Waals surface area contributed by atoms with Gasteiger partial charge in [0.25, 0.3) is 5.69 Å². The second-order valence-electron chi connectivity index (χ2n) is 4.89. The molecule has 0 atom stereocenters. The van der Waals surface area contributed by atoms with Gasteiger partial charge in [-0.1, -0.05) is 23.9 Å². The number of nitro benzene ring substituents is 1. The van der Waals surface area contributed by atoms with Gasteiger partial charge in [0.15, 0.2) is 5.16 Å². The first kappa shape index (κ1) is 16.0. The van der Waals surface area contributed by atoms with E-state index in [-0.39, 0.29) is 5.69 Å². The Morgan fingerprint density at radius 3 is 2.50 bits per heavy atom. The number of thioether (sulfide) groups is 1. The number of non-ortho nitro benzene ring substituents is 1. The molecule has 0 spiro atoms. The summed E-state index contributed by atoms with van der Waals surface area (Å²) in [7, 11) is 1.62. The molecule has 0 unspecified atom stereocenters. The Balaban J connectivity index is 1.72. The van der Waals surface area contributed by atoms with E-state index in [1.54, 1.807) is 25.6 Å². The molecule has 3 aromatic rings. The van der Waals surface area contributed by atoms with Crippen molar-refractivity contribution in [1.82, 2.24) is 14.8 Å². The third-order valence-electron chi connectivity index (χ3n) is 3.38. The smallest absolute Gasteiger partial charge is 0.269 e. The van der Waals surface area contributed by atoms with Crippen molar-refractivity contribution in [3.63, 3.8) is 0 Å². The minimum atomic E-state index is -0.406. The van der Waals surface area contributed by atoms with Crippen LogP contribution in [0.3, 0.4) is 0 Å². The highest BCUT2D eigenvalue weighted by Gasteiger charge is 2.09. The van der Waals surface area contributed by atoms with Gasteiger partial charge in [0.1, 0.15) is 12.1 Å². The van der Waals surface area contributed by atoms with E-state index >= 15 is 0 Å². The van der Waals surface area contributed by atoms with Crippen molar-refractivity contribution in [1.29, 1.82) is 0 Å². The average molecular weight is 342 g/mol. The van der Waals surface area contributed by atoms with Crippen molar-refractivity contribution in [2.45, 2.75) is 10.9 Å². The molecule has 0 saturated heterocycles. The van der Waals surface area contributed by atoms with Crippen LogP contribution in [-0.4, -0.2) is 26.8 Å². The molecule has 0 fully saturated rings. The number of ether oxygens (including phenoxy) is 1. The van der Waals surface area contributed by atoms with E-state index in [0.717, 1.165) is 22.2 Å². The van der Waals surface area contributed by atoms with Gasteiger partial charge in [0.2, 0.25) is 0 Å². The van der Waals surface area contributed by atoms with Gasteiger partial charge in [-0.15, -0.1) is 10.2 Å². The van der Waals surface area contributed by atoms with E-state index in [0.29, 0.717) is 5.75 Å². The van der Waals surface area contributed by atoms with Crippen molar-refractivity contribution < 1.29 is 9.66 Å². The van der Waals surface area contributed by atoms with Crippen LogP contribution in [0.2, 0.25) is 0 Å². The van der Waals surface area contributed by atoms with Crippen LogP contribution in [0.15, 0.2) is 60.0 Å². The minimum Gasteiger partial charge on any atom is -0.497 e. The molecule has 0 N–H and O–H groups in total. The normalized spacial score (nSPS) is 10.5. The predicted molar refractivity (Wildman–Crippen MR) is 90.6 cm³/mol. The molecule has 1 heterocycles. The van der Waals surface area contributed by atoms with Crippen molar-refractivity contribution in [3.05, 3.63) is 70.5 Å². The van der Waals surface area contributed by atoms with Crippen LogP contribution in [0, 0.1) is 10.1 Å². The van der Waals surface area contributed by atoms with Crippen molar-refractivity contribution in [2.75, 3.05) is 7.11 Å². The summed E-state index contributed by atoms with van der Waals surface area (Å²) < 4.78 is 7.04. The summed E-state index contributed by atoms with van der Waals surface area (Å²) in [6.07, 6.45) is 1.65. The molecule has 0 aliphatic heterocycles. The maximum atomic E-state index is 10.7.